The van der Waals surface area contributed by atoms with Crippen LogP contribution in [0, 0.1) is 5.41 Å². The summed E-state index contributed by atoms with van der Waals surface area (Å²) >= 11 is 0. The van der Waals surface area contributed by atoms with Crippen LogP contribution in [0.25, 0.3) is 11.4 Å². The molecule has 0 saturated heterocycles. The number of ether oxygens (including phenoxy) is 1. The van der Waals surface area contributed by atoms with Crippen LogP contribution in [0.5, 0.6) is 0 Å². The number of carbonyl (C=O) groups is 2. The fraction of sp³-hybridized carbons (Fsp3) is 0.385. The number of hydrogen-bond acceptors (Lipinski definition) is 7. The molecule has 2 amide bonds. The molecule has 1 unspecified atom stereocenters. The smallest absolute Gasteiger partial charge is 0.410 e. The van der Waals surface area contributed by atoms with Crippen molar-refractivity contribution < 1.29 is 14.3 Å². The van der Waals surface area contributed by atoms with E-state index in [4.69, 9.17) is 4.74 Å². The number of hydrogen-bond donors (Lipinski definition) is 1. The van der Waals surface area contributed by atoms with Gasteiger partial charge in [0.2, 0.25) is 17.6 Å². The van der Waals surface area contributed by atoms with E-state index in [-0.39, 0.29) is 11.7 Å². The van der Waals surface area contributed by atoms with Crippen molar-refractivity contribution in [3.05, 3.63) is 66.0 Å². The fourth-order valence-corrected chi connectivity index (χ4v) is 3.10. The summed E-state index contributed by atoms with van der Waals surface area (Å²) in [7, 11) is 1.63. The van der Waals surface area contributed by atoms with Gasteiger partial charge in [0.05, 0.1) is 0 Å². The highest BCUT2D eigenvalue weighted by atomic mass is 16.6. The molecule has 184 valence electrons. The lowest BCUT2D eigenvalue weighted by molar-refractivity contribution is -0.123. The van der Waals surface area contributed by atoms with Crippen LogP contribution in [0.2, 0.25) is 0 Å². The summed E-state index contributed by atoms with van der Waals surface area (Å²) in [6.45, 7) is 11.0. The zero-order valence-electron chi connectivity index (χ0n) is 21.2. The Morgan fingerprint density at radius 3 is 1.94 bits per heavy atom. The number of amides is 2. The molecule has 1 N–H and O–H groups in total. The van der Waals surface area contributed by atoms with Gasteiger partial charge in [-0.15, -0.1) is 20.4 Å². The van der Waals surface area contributed by atoms with E-state index in [0.29, 0.717) is 17.1 Å². The van der Waals surface area contributed by atoms with E-state index in [0.717, 1.165) is 5.56 Å². The van der Waals surface area contributed by atoms with Gasteiger partial charge >= 0.3 is 6.09 Å². The van der Waals surface area contributed by atoms with Gasteiger partial charge in [-0.05, 0) is 50.6 Å². The lowest BCUT2D eigenvalue weighted by Gasteiger charge is -2.29. The van der Waals surface area contributed by atoms with E-state index in [1.54, 1.807) is 31.3 Å². The summed E-state index contributed by atoms with van der Waals surface area (Å²) < 4.78 is 5.54. The van der Waals surface area contributed by atoms with Crippen LogP contribution in [-0.2, 0) is 9.53 Å². The Hall–Kier alpha value is -3.88. The number of nitrogens with one attached hydrogen (secondary N) is 1. The van der Waals surface area contributed by atoms with Crippen molar-refractivity contribution in [3.63, 3.8) is 0 Å². The molecule has 0 aliphatic heterocycles. The van der Waals surface area contributed by atoms with Crippen LogP contribution < -0.4 is 5.32 Å². The van der Waals surface area contributed by atoms with Gasteiger partial charge in [0.25, 0.3) is 0 Å². The van der Waals surface area contributed by atoms with E-state index < -0.39 is 23.2 Å². The third kappa shape index (κ3) is 6.81. The van der Waals surface area contributed by atoms with Gasteiger partial charge in [-0.2, -0.15) is 0 Å². The Morgan fingerprint density at radius 1 is 0.857 bits per heavy atom. The lowest BCUT2D eigenvalue weighted by atomic mass is 9.95. The van der Waals surface area contributed by atoms with Crippen LogP contribution >= 0.6 is 0 Å². The second kappa shape index (κ2) is 10.2. The van der Waals surface area contributed by atoms with E-state index in [1.807, 2.05) is 71.9 Å². The van der Waals surface area contributed by atoms with Crippen LogP contribution in [0.4, 0.5) is 10.5 Å². The van der Waals surface area contributed by atoms with Crippen LogP contribution in [0.1, 0.15) is 59.0 Å². The molecule has 0 spiro atoms. The van der Waals surface area contributed by atoms with Crippen molar-refractivity contribution in [2.24, 2.45) is 5.41 Å². The molecular formula is C26H32N6O3. The quantitative estimate of drug-likeness (QED) is 0.559. The molecule has 1 aromatic heterocycles. The van der Waals surface area contributed by atoms with Gasteiger partial charge in [-0.3, -0.25) is 9.69 Å². The third-order valence-electron chi connectivity index (χ3n) is 5.01. The van der Waals surface area contributed by atoms with Gasteiger partial charge in [-0.25, -0.2) is 4.79 Å². The molecule has 0 fully saturated rings. The Labute approximate surface area is 205 Å². The predicted molar refractivity (Wildman–Crippen MR) is 133 cm³/mol. The molecule has 1 heterocycles. The van der Waals surface area contributed by atoms with Crippen molar-refractivity contribution in [3.8, 4) is 11.4 Å². The summed E-state index contributed by atoms with van der Waals surface area (Å²) in [5.41, 5.74) is 1.03. The molecule has 3 aromatic rings. The Balaban J connectivity index is 1.85. The molecule has 9 heteroatoms. The Morgan fingerprint density at radius 2 is 1.43 bits per heavy atom. The standard InChI is InChI=1S/C26H32N6O3/c1-25(2,3)23(33)27-19-15-13-18(14-16-19)21-28-30-22(31-29-21)20(17-11-9-8-10-12-17)32(7)24(34)35-26(4,5)6/h8-16,20H,1-7H3,(H,27,33). The first-order valence-corrected chi connectivity index (χ1v) is 11.3. The van der Waals surface area contributed by atoms with Crippen LogP contribution in [0.3, 0.4) is 0 Å². The number of rotatable bonds is 5. The molecular weight excluding hydrogens is 444 g/mol. The summed E-state index contributed by atoms with van der Waals surface area (Å²) in [6, 6.07) is 15.9. The van der Waals surface area contributed by atoms with Gasteiger partial charge in [0.1, 0.15) is 11.6 Å². The first kappa shape index (κ1) is 25.7. The SMILES string of the molecule is CN(C(=O)OC(C)(C)C)C(c1ccccc1)c1nnc(-c2ccc(NC(=O)C(C)(C)C)cc2)nn1. The second-order valence-corrected chi connectivity index (χ2v) is 10.3. The van der Waals surface area contributed by atoms with Gasteiger partial charge in [-0.1, -0.05) is 51.1 Å². The molecule has 2 aromatic carbocycles. The molecule has 0 saturated carbocycles. The fourth-order valence-electron chi connectivity index (χ4n) is 3.10. The number of nitrogens with zero attached hydrogens (tertiary/aromatic N) is 5. The maximum Gasteiger partial charge on any atom is 0.410 e. The number of anilines is 1. The zero-order chi connectivity index (χ0) is 25.8. The van der Waals surface area contributed by atoms with Gasteiger partial charge in [0, 0.05) is 23.7 Å². The Kier molecular flexibility index (Phi) is 7.48. The van der Waals surface area contributed by atoms with Crippen molar-refractivity contribution >= 4 is 17.7 Å². The maximum atomic E-state index is 12.8. The average Bonchev–Trinajstić information content (AvgIpc) is 2.79. The number of benzene rings is 2. The highest BCUT2D eigenvalue weighted by molar-refractivity contribution is 5.94. The van der Waals surface area contributed by atoms with Crippen molar-refractivity contribution in [1.82, 2.24) is 25.3 Å². The van der Waals surface area contributed by atoms with E-state index in [1.165, 1.54) is 4.90 Å². The summed E-state index contributed by atoms with van der Waals surface area (Å²) in [6.07, 6.45) is -0.507. The second-order valence-electron chi connectivity index (χ2n) is 10.3. The first-order chi connectivity index (χ1) is 16.3. The highest BCUT2D eigenvalue weighted by Crippen LogP contribution is 2.27. The Bertz CT molecular complexity index is 1150. The molecule has 9 nitrogen and oxygen atoms in total. The average molecular weight is 477 g/mol. The minimum Gasteiger partial charge on any atom is -0.444 e. The minimum absolute atomic E-state index is 0.0738. The highest BCUT2D eigenvalue weighted by Gasteiger charge is 2.30. The van der Waals surface area contributed by atoms with Crippen LogP contribution in [-0.4, -0.2) is 49.9 Å². The van der Waals surface area contributed by atoms with E-state index in [9.17, 15) is 9.59 Å². The van der Waals surface area contributed by atoms with E-state index >= 15 is 0 Å². The molecule has 0 bridgehead atoms. The largest absolute Gasteiger partial charge is 0.444 e. The molecule has 3 rings (SSSR count). The predicted octanol–water partition coefficient (Wildman–Crippen LogP) is 4.87. The summed E-state index contributed by atoms with van der Waals surface area (Å²) in [5, 5.41) is 20.0. The van der Waals surface area contributed by atoms with Crippen molar-refractivity contribution in [2.75, 3.05) is 12.4 Å². The lowest BCUT2D eigenvalue weighted by Crippen LogP contribution is -2.38. The van der Waals surface area contributed by atoms with Crippen molar-refractivity contribution in [1.29, 1.82) is 0 Å². The van der Waals surface area contributed by atoms with Gasteiger partial charge < -0.3 is 10.1 Å². The number of carbonyl (C=O) groups excluding carboxylic acids is 2. The van der Waals surface area contributed by atoms with E-state index in [2.05, 4.69) is 25.7 Å². The zero-order valence-corrected chi connectivity index (χ0v) is 21.2. The molecule has 0 aliphatic carbocycles. The summed E-state index contributed by atoms with van der Waals surface area (Å²) in [4.78, 5) is 26.4. The molecule has 0 radical (unpaired) electrons. The maximum absolute atomic E-state index is 12.8. The third-order valence-corrected chi connectivity index (χ3v) is 5.01. The monoisotopic (exact) mass is 476 g/mol. The van der Waals surface area contributed by atoms with Crippen molar-refractivity contribution in [2.45, 2.75) is 53.2 Å². The first-order valence-electron chi connectivity index (χ1n) is 11.3. The number of aromatic nitrogens is 4. The summed E-state index contributed by atoms with van der Waals surface area (Å²) in [5.74, 6) is 0.520. The molecule has 35 heavy (non-hydrogen) atoms. The topological polar surface area (TPSA) is 110 Å². The normalized spacial score (nSPS) is 12.5. The minimum atomic E-state index is -0.647. The van der Waals surface area contributed by atoms with Crippen LogP contribution in [0.15, 0.2) is 54.6 Å². The van der Waals surface area contributed by atoms with Gasteiger partial charge in [0.15, 0.2) is 0 Å². The molecule has 0 aliphatic rings. The molecule has 1 atom stereocenters.